The molecule has 2 aliphatic carbocycles. The Balaban J connectivity index is 0.000000352. The Hall–Kier alpha value is 0.260. The first-order valence-electron chi connectivity index (χ1n) is 15.6. The molecule has 2 saturated heterocycles. The molecule has 10 nitrogen and oxygen atoms in total. The Labute approximate surface area is 303 Å². The van der Waals surface area contributed by atoms with Gasteiger partial charge in [0.15, 0.2) is 12.6 Å². The van der Waals surface area contributed by atoms with Gasteiger partial charge >= 0.3 is 29.6 Å². The summed E-state index contributed by atoms with van der Waals surface area (Å²) < 4.78 is 69.8. The molecule has 44 heavy (non-hydrogen) atoms. The smallest absolute Gasteiger partial charge is 1.00 e. The number of hydrogen-bond donors (Lipinski definition) is 0. The van der Waals surface area contributed by atoms with E-state index in [2.05, 4.69) is 42.0 Å². The Morgan fingerprint density at radius 3 is 1.95 bits per heavy atom. The zero-order valence-electron chi connectivity index (χ0n) is 27.9. The number of rotatable bonds is 9. The number of aliphatic imine (C=N–C) groups is 1. The molecule has 0 radical (unpaired) electrons. The number of halogens is 3. The molecule has 6 rings (SSSR count). The Bertz CT molecular complexity index is 1150. The third-order valence-electron chi connectivity index (χ3n) is 7.76. The van der Waals surface area contributed by atoms with E-state index in [1.807, 2.05) is 23.2 Å². The maximum atomic E-state index is 11.0. The van der Waals surface area contributed by atoms with Crippen LogP contribution >= 0.6 is 31.9 Å². The number of nitrogens with zero attached hydrogens (tertiary/aromatic N) is 3. The van der Waals surface area contributed by atoms with E-state index < -0.39 is 22.9 Å². The van der Waals surface area contributed by atoms with Gasteiger partial charge in [-0.2, -0.15) is 13.5 Å². The fraction of sp³-hybridized carbons (Fsp3) is 0.793. The molecule has 0 amide bonds. The fourth-order valence-corrected chi connectivity index (χ4v) is 6.23. The van der Waals surface area contributed by atoms with Gasteiger partial charge in [0.2, 0.25) is 0 Å². The number of ether oxygens (including phenoxy) is 4. The van der Waals surface area contributed by atoms with Crippen LogP contribution in [0.2, 0.25) is 0 Å². The third-order valence-corrected chi connectivity index (χ3v) is 9.25. The van der Waals surface area contributed by atoms with E-state index in [0.717, 1.165) is 99.3 Å². The summed E-state index contributed by atoms with van der Waals surface area (Å²) in [5.41, 5.74) is -0.488. The number of hydrogen-bond acceptors (Lipinski definition) is 9. The first kappa shape index (κ1) is 38.7. The van der Waals surface area contributed by atoms with Crippen LogP contribution in [0.4, 0.5) is 4.39 Å². The number of aromatic nitrogens is 2. The van der Waals surface area contributed by atoms with Crippen LogP contribution in [-0.4, -0.2) is 88.0 Å². The van der Waals surface area contributed by atoms with E-state index >= 15 is 0 Å². The third kappa shape index (κ3) is 14.6. The molecule has 3 aliphatic heterocycles. The minimum Gasteiger partial charge on any atom is -1.00 e. The van der Waals surface area contributed by atoms with Crippen molar-refractivity contribution in [3.05, 3.63) is 27.4 Å². The van der Waals surface area contributed by atoms with Crippen molar-refractivity contribution < 1.29 is 68.3 Å². The van der Waals surface area contributed by atoms with Crippen LogP contribution in [0.15, 0.2) is 32.4 Å². The second-order valence-electron chi connectivity index (χ2n) is 11.3. The molecule has 1 aromatic rings. The molecule has 0 N–H and O–H groups in total. The normalized spacial score (nSPS) is 25.0. The summed E-state index contributed by atoms with van der Waals surface area (Å²) in [5.74, 6) is 0. The fourth-order valence-electron chi connectivity index (χ4n) is 5.18. The average Bonchev–Trinajstić information content (AvgIpc) is 3.61. The maximum absolute atomic E-state index is 11.0. The van der Waals surface area contributed by atoms with Crippen molar-refractivity contribution in [3.63, 3.8) is 0 Å². The standard InChI is InChI=1S/C13H19BrN2O2.C11H20O5S.C4H4BrN.CH3F.Na.H/c14-11-8-15-16(9-11)10-13(5-3-6-13)18-12-4-1-2-7-17-12;1-17(12,13)15-9-11(6-4-7-11)16-10-5-2-3-8-14-10;5-4-1-2-6-3-4;1-2;;/h8-9,12H,1-7,10H2;10H,2-9H2,1H3;1,3H,2H2;1H3;;/q;;;;+1;-1/i;;;1D;;. The van der Waals surface area contributed by atoms with Crippen molar-refractivity contribution in [1.29, 1.82) is 0 Å². The summed E-state index contributed by atoms with van der Waals surface area (Å²) in [6, 6.07) is 0. The molecule has 4 fully saturated rings. The maximum Gasteiger partial charge on any atom is 1.00 e. The zero-order valence-corrected chi connectivity index (χ0v) is 31.9. The van der Waals surface area contributed by atoms with Gasteiger partial charge in [-0.15, -0.1) is 0 Å². The Kier molecular flexibility index (Phi) is 18.1. The van der Waals surface area contributed by atoms with Crippen LogP contribution < -0.4 is 29.6 Å². The molecule has 5 aliphatic rings. The molecule has 0 spiro atoms. The van der Waals surface area contributed by atoms with Gasteiger partial charge < -0.3 is 20.4 Å². The van der Waals surface area contributed by atoms with Crippen molar-refractivity contribution >= 4 is 48.2 Å². The molecule has 2 saturated carbocycles. The first-order chi connectivity index (χ1) is 21.1. The van der Waals surface area contributed by atoms with E-state index in [1.165, 1.54) is 19.3 Å². The van der Waals surface area contributed by atoms with E-state index in [0.29, 0.717) is 0 Å². The van der Waals surface area contributed by atoms with Crippen LogP contribution in [0, 0.1) is 0 Å². The minimum absolute atomic E-state index is 0. The van der Waals surface area contributed by atoms with Crippen molar-refractivity contribution in [1.82, 2.24) is 9.78 Å². The molecule has 15 heteroatoms. The van der Waals surface area contributed by atoms with Gasteiger partial charge in [-0.1, -0.05) is 0 Å². The van der Waals surface area contributed by atoms with E-state index in [4.69, 9.17) is 24.5 Å². The van der Waals surface area contributed by atoms with E-state index in [1.54, 1.807) is 6.21 Å². The van der Waals surface area contributed by atoms with Gasteiger partial charge in [-0.25, -0.2) is 0 Å². The summed E-state index contributed by atoms with van der Waals surface area (Å²) >= 11 is 6.68. The van der Waals surface area contributed by atoms with E-state index in [-0.39, 0.29) is 55.8 Å². The quantitative estimate of drug-likeness (QED) is 0.276. The molecule has 2 atom stereocenters. The molecule has 1 aromatic heterocycles. The van der Waals surface area contributed by atoms with E-state index in [9.17, 15) is 12.8 Å². The topological polar surface area (TPSA) is 110 Å². The molecule has 248 valence electrons. The number of alkyl halides is 1. The first-order valence-corrected chi connectivity index (χ1v) is 18.3. The summed E-state index contributed by atoms with van der Waals surface area (Å²) in [6.07, 6.45) is 21.2. The largest absolute Gasteiger partial charge is 1.00 e. The molecular weight excluding hydrogens is 736 g/mol. The van der Waals surface area contributed by atoms with Gasteiger partial charge in [-0.05, 0) is 115 Å². The van der Waals surface area contributed by atoms with Crippen molar-refractivity contribution in [2.24, 2.45) is 4.99 Å². The second-order valence-corrected chi connectivity index (χ2v) is 14.8. The van der Waals surface area contributed by atoms with Crippen LogP contribution in [0.3, 0.4) is 0 Å². The summed E-state index contributed by atoms with van der Waals surface area (Å²) in [4.78, 5) is 3.90. The average molecular weight is 785 g/mol. The molecule has 0 bridgehead atoms. The SMILES string of the molecule is BrC1=CCN=C1.Brc1cnn(CC2(OC3CCCCO3)CCC2)c1.CS(=O)(=O)OCC1(OC2CCCCO2)CCC1.[2H]CF.[H-].[Na+]. The van der Waals surface area contributed by atoms with Gasteiger partial charge in [0.1, 0.15) is 0 Å². The second kappa shape index (κ2) is 20.6. The monoisotopic (exact) mass is 782 g/mol. The summed E-state index contributed by atoms with van der Waals surface area (Å²) in [5, 5.41) is 4.32. The molecule has 0 aromatic carbocycles. The predicted octanol–water partition coefficient (Wildman–Crippen LogP) is 3.59. The Morgan fingerprint density at radius 2 is 1.61 bits per heavy atom. The van der Waals surface area contributed by atoms with Crippen LogP contribution in [0.5, 0.6) is 0 Å². The van der Waals surface area contributed by atoms with Crippen LogP contribution in [-0.2, 0) is 39.8 Å². The molecule has 2 unspecified atom stereocenters. The summed E-state index contributed by atoms with van der Waals surface area (Å²) in [7, 11) is -4.40. The van der Waals surface area contributed by atoms with Crippen molar-refractivity contribution in [2.75, 3.05) is 39.8 Å². The van der Waals surface area contributed by atoms with Crippen LogP contribution in [0.1, 0.15) is 79.8 Å². The van der Waals surface area contributed by atoms with Gasteiger partial charge in [0, 0.05) is 30.1 Å². The predicted molar refractivity (Wildman–Crippen MR) is 172 cm³/mol. The summed E-state index contributed by atoms with van der Waals surface area (Å²) in [6.45, 7) is 3.37. The van der Waals surface area contributed by atoms with Crippen molar-refractivity contribution in [2.45, 2.75) is 107 Å². The zero-order chi connectivity index (χ0) is 31.9. The van der Waals surface area contributed by atoms with Gasteiger partial charge in [0.25, 0.3) is 10.1 Å². The molecular formula is C29H47Br2FN3NaO7S. The Morgan fingerprint density at radius 1 is 1.05 bits per heavy atom. The van der Waals surface area contributed by atoms with Crippen LogP contribution in [0.25, 0.3) is 0 Å². The number of allylic oxidation sites excluding steroid dienone is 1. The van der Waals surface area contributed by atoms with Crippen molar-refractivity contribution in [3.8, 4) is 0 Å². The minimum atomic E-state index is -3.40. The molecule has 4 heterocycles. The van der Waals surface area contributed by atoms with Gasteiger partial charge in [0.05, 0.1) is 56.3 Å². The van der Waals surface area contributed by atoms with Gasteiger partial charge in [-0.3, -0.25) is 18.2 Å².